The van der Waals surface area contributed by atoms with Crippen LogP contribution in [0, 0.1) is 10.1 Å². The number of nitro groups is 1. The number of ether oxygens (including phenoxy) is 2. The molecule has 1 amide bonds. The number of alkyl carbamates (subject to hydrolysis) is 1. The largest absolute Gasteiger partial charge is 0.490 e. The average Bonchev–Trinajstić information content (AvgIpc) is 2.58. The van der Waals surface area contributed by atoms with Crippen LogP contribution in [0.2, 0.25) is 0 Å². The monoisotopic (exact) mass is 316 g/mol. The van der Waals surface area contributed by atoms with Gasteiger partial charge < -0.3 is 14.8 Å². The highest BCUT2D eigenvalue weighted by Crippen LogP contribution is 2.27. The van der Waals surface area contributed by atoms with Crippen molar-refractivity contribution >= 4 is 11.8 Å². The van der Waals surface area contributed by atoms with E-state index in [9.17, 15) is 14.9 Å². The smallest absolute Gasteiger partial charge is 0.407 e. The van der Waals surface area contributed by atoms with E-state index >= 15 is 0 Å². The number of carbonyl (C=O) groups is 1. The van der Waals surface area contributed by atoms with Crippen molar-refractivity contribution in [3.8, 4) is 5.75 Å². The maximum absolute atomic E-state index is 11.6. The molecule has 0 saturated carbocycles. The zero-order chi connectivity index (χ0) is 16.7. The van der Waals surface area contributed by atoms with Gasteiger partial charge in [0.2, 0.25) is 0 Å². The number of nitro benzene ring substituents is 1. The molecule has 23 heavy (non-hydrogen) atoms. The van der Waals surface area contributed by atoms with E-state index in [1.165, 1.54) is 19.2 Å². The van der Waals surface area contributed by atoms with Crippen LogP contribution in [-0.2, 0) is 17.9 Å². The van der Waals surface area contributed by atoms with Gasteiger partial charge in [-0.15, -0.1) is 0 Å². The van der Waals surface area contributed by atoms with Crippen LogP contribution in [0.5, 0.6) is 5.75 Å². The number of amides is 1. The number of hydrogen-bond donors (Lipinski definition) is 1. The summed E-state index contributed by atoms with van der Waals surface area (Å²) in [7, 11) is 1.35. The third-order valence-electron chi connectivity index (χ3n) is 3.09. The highest BCUT2D eigenvalue weighted by atomic mass is 16.6. The van der Waals surface area contributed by atoms with Crippen molar-refractivity contribution in [1.82, 2.24) is 5.32 Å². The molecular formula is C16H16N2O5. The van der Waals surface area contributed by atoms with E-state index in [-0.39, 0.29) is 24.6 Å². The zero-order valence-electron chi connectivity index (χ0n) is 12.5. The summed E-state index contributed by atoms with van der Waals surface area (Å²) in [6, 6.07) is 13.7. The van der Waals surface area contributed by atoms with Crippen LogP contribution in [0.25, 0.3) is 0 Å². The van der Waals surface area contributed by atoms with E-state index in [1.807, 2.05) is 30.3 Å². The zero-order valence-corrected chi connectivity index (χ0v) is 12.5. The molecule has 1 N–H and O–H groups in total. The SMILES string of the molecule is COc1cc(CNC(=O)OCc2ccccc2)ccc1[N+](=O)[O-]. The van der Waals surface area contributed by atoms with Gasteiger partial charge in [0.25, 0.3) is 0 Å². The van der Waals surface area contributed by atoms with Crippen LogP contribution in [0.3, 0.4) is 0 Å². The number of benzene rings is 2. The molecule has 0 saturated heterocycles. The molecule has 0 unspecified atom stereocenters. The molecule has 120 valence electrons. The molecule has 0 radical (unpaired) electrons. The Bertz CT molecular complexity index is 688. The molecule has 0 aliphatic rings. The molecule has 0 fully saturated rings. The summed E-state index contributed by atoms with van der Waals surface area (Å²) in [6.07, 6.45) is -0.564. The van der Waals surface area contributed by atoms with E-state index in [2.05, 4.69) is 5.32 Å². The minimum atomic E-state index is -0.564. The Labute approximate surface area is 133 Å². The number of methoxy groups -OCH3 is 1. The fourth-order valence-electron chi connectivity index (χ4n) is 1.93. The van der Waals surface area contributed by atoms with E-state index in [0.29, 0.717) is 5.56 Å². The lowest BCUT2D eigenvalue weighted by Gasteiger charge is -2.08. The fourth-order valence-corrected chi connectivity index (χ4v) is 1.93. The van der Waals surface area contributed by atoms with Crippen molar-refractivity contribution in [2.24, 2.45) is 0 Å². The van der Waals surface area contributed by atoms with Crippen LogP contribution in [0.4, 0.5) is 10.5 Å². The lowest BCUT2D eigenvalue weighted by molar-refractivity contribution is -0.385. The first-order valence-electron chi connectivity index (χ1n) is 6.86. The lowest BCUT2D eigenvalue weighted by Crippen LogP contribution is -2.23. The predicted molar refractivity (Wildman–Crippen MR) is 83.1 cm³/mol. The van der Waals surface area contributed by atoms with Crippen molar-refractivity contribution in [3.05, 3.63) is 69.8 Å². The summed E-state index contributed by atoms with van der Waals surface area (Å²) in [5, 5.41) is 13.4. The number of hydrogen-bond acceptors (Lipinski definition) is 5. The normalized spacial score (nSPS) is 9.96. The second kappa shape index (κ2) is 7.79. The first-order valence-corrected chi connectivity index (χ1v) is 6.86. The van der Waals surface area contributed by atoms with Crippen molar-refractivity contribution in [3.63, 3.8) is 0 Å². The number of nitrogens with zero attached hydrogens (tertiary/aromatic N) is 1. The molecule has 0 aromatic heterocycles. The van der Waals surface area contributed by atoms with E-state index in [4.69, 9.17) is 9.47 Å². The van der Waals surface area contributed by atoms with E-state index in [1.54, 1.807) is 6.07 Å². The summed E-state index contributed by atoms with van der Waals surface area (Å²) in [6.45, 7) is 0.359. The Balaban J connectivity index is 1.88. The standard InChI is InChI=1S/C16H16N2O5/c1-22-15-9-13(7-8-14(15)18(20)21)10-17-16(19)23-11-12-5-3-2-4-6-12/h2-9H,10-11H2,1H3,(H,17,19). The van der Waals surface area contributed by atoms with Gasteiger partial charge in [0.1, 0.15) is 6.61 Å². The molecule has 2 aromatic carbocycles. The van der Waals surface area contributed by atoms with Crippen molar-refractivity contribution < 1.29 is 19.2 Å². The maximum Gasteiger partial charge on any atom is 0.407 e. The van der Waals surface area contributed by atoms with Crippen LogP contribution in [-0.4, -0.2) is 18.1 Å². The highest BCUT2D eigenvalue weighted by molar-refractivity contribution is 5.67. The molecule has 7 heteroatoms. The Morgan fingerprint density at radius 3 is 2.57 bits per heavy atom. The minimum Gasteiger partial charge on any atom is -0.490 e. The number of rotatable bonds is 6. The molecule has 0 bridgehead atoms. The van der Waals surface area contributed by atoms with Crippen LogP contribution in [0.1, 0.15) is 11.1 Å². The maximum atomic E-state index is 11.6. The van der Waals surface area contributed by atoms with Crippen molar-refractivity contribution in [2.75, 3.05) is 7.11 Å². The van der Waals surface area contributed by atoms with Gasteiger partial charge >= 0.3 is 11.8 Å². The fraction of sp³-hybridized carbons (Fsp3) is 0.188. The van der Waals surface area contributed by atoms with Gasteiger partial charge in [-0.1, -0.05) is 36.4 Å². The summed E-state index contributed by atoms with van der Waals surface area (Å²) in [5.74, 6) is 0.145. The first kappa shape index (κ1) is 16.3. The van der Waals surface area contributed by atoms with Crippen molar-refractivity contribution in [2.45, 2.75) is 13.2 Å². The van der Waals surface area contributed by atoms with Gasteiger partial charge in [0, 0.05) is 12.6 Å². The molecule has 2 rings (SSSR count). The summed E-state index contributed by atoms with van der Waals surface area (Å²) >= 11 is 0. The number of nitrogens with one attached hydrogen (secondary N) is 1. The molecular weight excluding hydrogens is 300 g/mol. The molecule has 0 aliphatic heterocycles. The van der Waals surface area contributed by atoms with Gasteiger partial charge in [-0.2, -0.15) is 0 Å². The Morgan fingerprint density at radius 1 is 1.17 bits per heavy atom. The molecule has 2 aromatic rings. The third kappa shape index (κ3) is 4.70. The van der Waals surface area contributed by atoms with Gasteiger partial charge in [-0.25, -0.2) is 4.79 Å². The second-order valence-corrected chi connectivity index (χ2v) is 4.68. The summed E-state index contributed by atoms with van der Waals surface area (Å²) in [5.41, 5.74) is 1.44. The van der Waals surface area contributed by atoms with E-state index < -0.39 is 11.0 Å². The molecule has 7 nitrogen and oxygen atoms in total. The lowest BCUT2D eigenvalue weighted by atomic mass is 10.2. The Hall–Kier alpha value is -3.09. The summed E-state index contributed by atoms with van der Waals surface area (Å²) < 4.78 is 10.1. The van der Waals surface area contributed by atoms with Gasteiger partial charge in [0.15, 0.2) is 5.75 Å². The Kier molecular flexibility index (Phi) is 5.51. The van der Waals surface area contributed by atoms with Crippen LogP contribution < -0.4 is 10.1 Å². The molecule has 0 aliphatic carbocycles. The van der Waals surface area contributed by atoms with Crippen molar-refractivity contribution in [1.29, 1.82) is 0 Å². The van der Waals surface area contributed by atoms with Gasteiger partial charge in [0.05, 0.1) is 12.0 Å². The first-order chi connectivity index (χ1) is 11.1. The predicted octanol–water partition coefficient (Wildman–Crippen LogP) is 3.03. The summed E-state index contributed by atoms with van der Waals surface area (Å²) in [4.78, 5) is 21.9. The van der Waals surface area contributed by atoms with Gasteiger partial charge in [-0.05, 0) is 17.2 Å². The third-order valence-corrected chi connectivity index (χ3v) is 3.09. The van der Waals surface area contributed by atoms with E-state index in [0.717, 1.165) is 5.56 Å². The van der Waals surface area contributed by atoms with Gasteiger partial charge in [-0.3, -0.25) is 10.1 Å². The topological polar surface area (TPSA) is 90.7 Å². The van der Waals surface area contributed by atoms with Crippen LogP contribution >= 0.6 is 0 Å². The molecule has 0 heterocycles. The molecule has 0 spiro atoms. The quantitative estimate of drug-likeness (QED) is 0.653. The highest BCUT2D eigenvalue weighted by Gasteiger charge is 2.14. The minimum absolute atomic E-state index is 0.122. The Morgan fingerprint density at radius 2 is 1.91 bits per heavy atom. The number of carbonyl (C=O) groups excluding carboxylic acids is 1. The average molecular weight is 316 g/mol. The molecule has 0 atom stereocenters. The second-order valence-electron chi connectivity index (χ2n) is 4.68. The van der Waals surface area contributed by atoms with Crippen LogP contribution in [0.15, 0.2) is 48.5 Å².